The zero-order valence-corrected chi connectivity index (χ0v) is 14.6. The van der Waals surface area contributed by atoms with Crippen LogP contribution in [0.4, 0.5) is 0 Å². The lowest BCUT2D eigenvalue weighted by Crippen LogP contribution is -2.28. The molecule has 0 saturated heterocycles. The standard InChI is InChI=1S/C17H23N3O2S/c1-4-22-14-7-5-13(6-8-14)17-20-12(3)15(23-17)16(21)19-10-9-11(2)18/h5-8,11H,4,9-10,18H2,1-3H3,(H,19,21). The fraction of sp³-hybridized carbons (Fsp3) is 0.412. The monoisotopic (exact) mass is 333 g/mol. The summed E-state index contributed by atoms with van der Waals surface area (Å²) in [6.45, 7) is 6.95. The average Bonchev–Trinajstić information content (AvgIpc) is 2.90. The van der Waals surface area contributed by atoms with Gasteiger partial charge >= 0.3 is 0 Å². The third kappa shape index (κ3) is 4.77. The number of hydrogen-bond donors (Lipinski definition) is 2. The van der Waals surface area contributed by atoms with E-state index in [9.17, 15) is 4.79 Å². The molecule has 0 saturated carbocycles. The van der Waals surface area contributed by atoms with Crippen molar-refractivity contribution in [3.8, 4) is 16.3 Å². The van der Waals surface area contributed by atoms with Crippen LogP contribution in [0.5, 0.6) is 5.75 Å². The highest BCUT2D eigenvalue weighted by Gasteiger charge is 2.16. The van der Waals surface area contributed by atoms with Crippen LogP contribution in [-0.2, 0) is 0 Å². The van der Waals surface area contributed by atoms with Gasteiger partial charge in [0.25, 0.3) is 5.91 Å². The van der Waals surface area contributed by atoms with Crippen LogP contribution in [0.15, 0.2) is 24.3 Å². The lowest BCUT2D eigenvalue weighted by molar-refractivity contribution is 0.0956. The Balaban J connectivity index is 2.09. The molecular formula is C17H23N3O2S. The molecule has 6 heteroatoms. The highest BCUT2D eigenvalue weighted by molar-refractivity contribution is 7.17. The van der Waals surface area contributed by atoms with E-state index in [1.807, 2.05) is 45.0 Å². The minimum Gasteiger partial charge on any atom is -0.494 e. The number of rotatable bonds is 7. The summed E-state index contributed by atoms with van der Waals surface area (Å²) in [5.74, 6) is 0.747. The number of aromatic nitrogens is 1. The highest BCUT2D eigenvalue weighted by atomic mass is 32.1. The maximum absolute atomic E-state index is 12.2. The van der Waals surface area contributed by atoms with Crippen molar-refractivity contribution in [1.29, 1.82) is 0 Å². The van der Waals surface area contributed by atoms with Gasteiger partial charge in [0.1, 0.15) is 15.6 Å². The van der Waals surface area contributed by atoms with Crippen LogP contribution in [0.25, 0.3) is 10.6 Å². The van der Waals surface area contributed by atoms with Crippen LogP contribution in [0.3, 0.4) is 0 Å². The third-order valence-electron chi connectivity index (χ3n) is 3.30. The van der Waals surface area contributed by atoms with E-state index < -0.39 is 0 Å². The molecule has 3 N–H and O–H groups in total. The van der Waals surface area contributed by atoms with E-state index in [4.69, 9.17) is 10.5 Å². The SMILES string of the molecule is CCOc1ccc(-c2nc(C)c(C(=O)NCCC(C)N)s2)cc1. The van der Waals surface area contributed by atoms with Crippen molar-refractivity contribution < 1.29 is 9.53 Å². The molecule has 0 radical (unpaired) electrons. The number of aryl methyl sites for hydroxylation is 1. The summed E-state index contributed by atoms with van der Waals surface area (Å²) < 4.78 is 5.44. The van der Waals surface area contributed by atoms with Crippen molar-refractivity contribution in [3.05, 3.63) is 34.8 Å². The Labute approximate surface area is 140 Å². The summed E-state index contributed by atoms with van der Waals surface area (Å²) in [5.41, 5.74) is 7.42. The Morgan fingerprint density at radius 2 is 2.09 bits per heavy atom. The molecule has 1 heterocycles. The molecular weight excluding hydrogens is 310 g/mol. The fourth-order valence-corrected chi connectivity index (χ4v) is 3.07. The van der Waals surface area contributed by atoms with Crippen molar-refractivity contribution in [1.82, 2.24) is 10.3 Å². The van der Waals surface area contributed by atoms with Crippen LogP contribution < -0.4 is 15.8 Å². The second-order valence-electron chi connectivity index (χ2n) is 5.41. The maximum atomic E-state index is 12.2. The fourth-order valence-electron chi connectivity index (χ4n) is 2.08. The van der Waals surface area contributed by atoms with Crippen LogP contribution in [0.1, 0.15) is 35.6 Å². The quantitative estimate of drug-likeness (QED) is 0.816. The van der Waals surface area contributed by atoms with Gasteiger partial charge in [0.05, 0.1) is 12.3 Å². The molecule has 0 fully saturated rings. The molecule has 1 atom stereocenters. The highest BCUT2D eigenvalue weighted by Crippen LogP contribution is 2.29. The van der Waals surface area contributed by atoms with E-state index in [2.05, 4.69) is 10.3 Å². The third-order valence-corrected chi connectivity index (χ3v) is 4.51. The van der Waals surface area contributed by atoms with E-state index in [0.29, 0.717) is 18.0 Å². The van der Waals surface area contributed by atoms with Gasteiger partial charge in [-0.15, -0.1) is 11.3 Å². The molecule has 0 aliphatic carbocycles. The number of amides is 1. The van der Waals surface area contributed by atoms with Gasteiger partial charge in [0.2, 0.25) is 0 Å². The molecule has 1 amide bonds. The Morgan fingerprint density at radius 1 is 1.39 bits per heavy atom. The van der Waals surface area contributed by atoms with E-state index in [1.54, 1.807) is 0 Å². The van der Waals surface area contributed by atoms with Crippen molar-refractivity contribution in [2.45, 2.75) is 33.2 Å². The van der Waals surface area contributed by atoms with E-state index in [1.165, 1.54) is 11.3 Å². The number of carbonyl (C=O) groups is 1. The largest absolute Gasteiger partial charge is 0.494 e. The predicted octanol–water partition coefficient (Wildman–Crippen LogP) is 2.98. The van der Waals surface area contributed by atoms with E-state index in [-0.39, 0.29) is 11.9 Å². The molecule has 1 unspecified atom stereocenters. The van der Waals surface area contributed by atoms with Gasteiger partial charge < -0.3 is 15.8 Å². The Morgan fingerprint density at radius 3 is 2.70 bits per heavy atom. The molecule has 23 heavy (non-hydrogen) atoms. The first-order valence-corrected chi connectivity index (χ1v) is 8.57. The number of nitrogens with one attached hydrogen (secondary N) is 1. The maximum Gasteiger partial charge on any atom is 0.263 e. The van der Waals surface area contributed by atoms with Crippen LogP contribution >= 0.6 is 11.3 Å². The van der Waals surface area contributed by atoms with Crippen molar-refractivity contribution >= 4 is 17.2 Å². The summed E-state index contributed by atoms with van der Waals surface area (Å²) in [6, 6.07) is 7.83. The predicted molar refractivity (Wildman–Crippen MR) is 94.1 cm³/mol. The molecule has 2 aromatic rings. The summed E-state index contributed by atoms with van der Waals surface area (Å²) >= 11 is 1.40. The molecule has 0 spiro atoms. The van der Waals surface area contributed by atoms with E-state index >= 15 is 0 Å². The number of hydrogen-bond acceptors (Lipinski definition) is 5. The second kappa shape index (κ2) is 8.08. The number of nitrogens with zero attached hydrogens (tertiary/aromatic N) is 1. The first kappa shape index (κ1) is 17.4. The first-order valence-electron chi connectivity index (χ1n) is 7.75. The molecule has 1 aromatic carbocycles. The number of nitrogens with two attached hydrogens (primary N) is 1. The topological polar surface area (TPSA) is 77.2 Å². The van der Waals surface area contributed by atoms with Crippen LogP contribution in [0, 0.1) is 6.92 Å². The average molecular weight is 333 g/mol. The van der Waals surface area contributed by atoms with Crippen LogP contribution in [-0.4, -0.2) is 30.1 Å². The zero-order valence-electron chi connectivity index (χ0n) is 13.8. The molecule has 0 bridgehead atoms. The minimum atomic E-state index is -0.0853. The Hall–Kier alpha value is -1.92. The molecule has 0 aliphatic rings. The van der Waals surface area contributed by atoms with Crippen molar-refractivity contribution in [2.24, 2.45) is 5.73 Å². The van der Waals surface area contributed by atoms with Gasteiger partial charge in [0.15, 0.2) is 0 Å². The number of ether oxygens (including phenoxy) is 1. The van der Waals surface area contributed by atoms with Gasteiger partial charge in [-0.1, -0.05) is 0 Å². The summed E-state index contributed by atoms with van der Waals surface area (Å²) in [5, 5.41) is 3.73. The number of carbonyl (C=O) groups excluding carboxylic acids is 1. The summed E-state index contributed by atoms with van der Waals surface area (Å²) in [4.78, 5) is 17.4. The molecule has 0 aliphatic heterocycles. The van der Waals surface area contributed by atoms with Gasteiger partial charge in [-0.25, -0.2) is 4.98 Å². The zero-order chi connectivity index (χ0) is 16.8. The van der Waals surface area contributed by atoms with Crippen LogP contribution in [0.2, 0.25) is 0 Å². The lowest BCUT2D eigenvalue weighted by Gasteiger charge is -2.06. The molecule has 124 valence electrons. The Kier molecular flexibility index (Phi) is 6.12. The van der Waals surface area contributed by atoms with Gasteiger partial charge in [-0.05, 0) is 51.5 Å². The van der Waals surface area contributed by atoms with Gasteiger partial charge in [0, 0.05) is 18.2 Å². The molecule has 5 nitrogen and oxygen atoms in total. The lowest BCUT2D eigenvalue weighted by atomic mass is 10.2. The van der Waals surface area contributed by atoms with E-state index in [0.717, 1.165) is 28.4 Å². The van der Waals surface area contributed by atoms with Crippen molar-refractivity contribution in [3.63, 3.8) is 0 Å². The number of benzene rings is 1. The molecule has 1 aromatic heterocycles. The van der Waals surface area contributed by atoms with Crippen molar-refractivity contribution in [2.75, 3.05) is 13.2 Å². The minimum absolute atomic E-state index is 0.0808. The second-order valence-corrected chi connectivity index (χ2v) is 6.41. The van der Waals surface area contributed by atoms with Gasteiger partial charge in [-0.3, -0.25) is 4.79 Å². The first-order chi connectivity index (χ1) is 11.0. The smallest absolute Gasteiger partial charge is 0.263 e. The molecule has 2 rings (SSSR count). The summed E-state index contributed by atoms with van der Waals surface area (Å²) in [7, 11) is 0. The normalized spacial score (nSPS) is 12.0. The summed E-state index contributed by atoms with van der Waals surface area (Å²) in [6.07, 6.45) is 0.759. The van der Waals surface area contributed by atoms with Gasteiger partial charge in [-0.2, -0.15) is 0 Å². The number of thiazole rings is 1. The Bertz CT molecular complexity index is 650.